The number of rotatable bonds is 6. The van der Waals surface area contributed by atoms with Crippen LogP contribution in [-0.2, 0) is 0 Å². The molecule has 2 N–H and O–H groups in total. The topological polar surface area (TPSA) is 38.5 Å². The number of nitrogens with one attached hydrogen (secondary N) is 2. The molecule has 1 aliphatic heterocycles. The fraction of sp³-hybridized carbons (Fsp3) is 0.440. The van der Waals surface area contributed by atoms with Gasteiger partial charge < -0.3 is 9.64 Å². The molecular formula is C25H34N3OS+. The number of hydrogen-bond donors (Lipinski definition) is 2. The summed E-state index contributed by atoms with van der Waals surface area (Å²) in [5.74, 6) is 1.90. The lowest BCUT2D eigenvalue weighted by molar-refractivity contribution is -0.529. The van der Waals surface area contributed by atoms with Gasteiger partial charge in [0, 0.05) is 5.41 Å². The van der Waals surface area contributed by atoms with Gasteiger partial charge in [0.15, 0.2) is 0 Å². The minimum absolute atomic E-state index is 0.000372. The van der Waals surface area contributed by atoms with Crippen molar-refractivity contribution in [1.29, 1.82) is 0 Å². The Kier molecular flexibility index (Phi) is 6.51. The fourth-order valence-electron chi connectivity index (χ4n) is 3.83. The van der Waals surface area contributed by atoms with Gasteiger partial charge in [-0.05, 0) is 50.7 Å². The molecule has 30 heavy (non-hydrogen) atoms. The standard InChI is InChI=1S/C25H33N3OS/c1-18(19-13-9-7-10-14-19)28-23(30)27-22(25(28,5)6)26-21(24(2,3)4)17-29-20-15-11-8-12-16-20/h7-16,18,21H,17H2,1-6H3,(H,26,27,30)/p+1/t18-,21-/m1/s1. The molecule has 2 aromatic rings. The number of ether oxygens (including phenoxy) is 1. The van der Waals surface area contributed by atoms with E-state index in [1.807, 2.05) is 36.4 Å². The molecule has 0 radical (unpaired) electrons. The summed E-state index contributed by atoms with van der Waals surface area (Å²) in [6.07, 6.45) is 0. The normalized spacial score (nSPS) is 19.5. The van der Waals surface area contributed by atoms with Crippen LogP contribution in [0, 0.1) is 5.41 Å². The van der Waals surface area contributed by atoms with E-state index >= 15 is 0 Å². The lowest BCUT2D eigenvalue weighted by atomic mass is 9.87. The molecule has 0 spiro atoms. The summed E-state index contributed by atoms with van der Waals surface area (Å²) >= 11 is 5.75. The molecule has 1 saturated heterocycles. The van der Waals surface area contributed by atoms with Crippen LogP contribution >= 0.6 is 12.2 Å². The van der Waals surface area contributed by atoms with E-state index in [1.54, 1.807) is 0 Å². The van der Waals surface area contributed by atoms with Crippen molar-refractivity contribution in [2.75, 3.05) is 6.61 Å². The summed E-state index contributed by atoms with van der Waals surface area (Å²) < 4.78 is 6.09. The highest BCUT2D eigenvalue weighted by molar-refractivity contribution is 7.80. The van der Waals surface area contributed by atoms with Gasteiger partial charge in [-0.25, -0.2) is 5.32 Å². The molecule has 160 valence electrons. The molecular weight excluding hydrogens is 390 g/mol. The third kappa shape index (κ3) is 4.84. The first-order chi connectivity index (χ1) is 14.1. The lowest BCUT2D eigenvalue weighted by Crippen LogP contribution is -2.88. The third-order valence-electron chi connectivity index (χ3n) is 5.86. The molecule has 0 aliphatic carbocycles. The molecule has 2 aromatic carbocycles. The largest absolute Gasteiger partial charge is 0.489 e. The molecule has 0 unspecified atom stereocenters. The van der Waals surface area contributed by atoms with E-state index in [-0.39, 0.29) is 23.0 Å². The molecule has 0 aromatic heterocycles. The van der Waals surface area contributed by atoms with Crippen molar-refractivity contribution >= 4 is 23.2 Å². The molecule has 0 amide bonds. The van der Waals surface area contributed by atoms with Crippen LogP contribution in [0.15, 0.2) is 60.7 Å². The summed E-state index contributed by atoms with van der Waals surface area (Å²) in [5.41, 5.74) is 0.957. The zero-order valence-corrected chi connectivity index (χ0v) is 19.7. The van der Waals surface area contributed by atoms with Crippen molar-refractivity contribution in [3.8, 4) is 5.75 Å². The maximum Gasteiger partial charge on any atom is 0.275 e. The number of nitrogens with zero attached hydrogens (tertiary/aromatic N) is 1. The number of benzene rings is 2. The van der Waals surface area contributed by atoms with E-state index in [1.165, 1.54) is 5.56 Å². The van der Waals surface area contributed by atoms with Gasteiger partial charge in [-0.15, -0.1) is 0 Å². The van der Waals surface area contributed by atoms with Crippen molar-refractivity contribution < 1.29 is 9.73 Å². The van der Waals surface area contributed by atoms with Crippen molar-refractivity contribution in [3.05, 3.63) is 66.2 Å². The van der Waals surface area contributed by atoms with Gasteiger partial charge in [0.1, 0.15) is 23.9 Å². The second-order valence-corrected chi connectivity index (χ2v) is 9.89. The molecule has 1 fully saturated rings. The Bertz CT molecular complexity index is 888. The van der Waals surface area contributed by atoms with E-state index in [9.17, 15) is 0 Å². The molecule has 2 atom stereocenters. The Morgan fingerprint density at radius 2 is 1.60 bits per heavy atom. The van der Waals surface area contributed by atoms with Crippen LogP contribution in [0.25, 0.3) is 0 Å². The molecule has 0 bridgehead atoms. The lowest BCUT2D eigenvalue weighted by Gasteiger charge is -2.34. The number of thiocarbonyl (C=S) groups is 1. The number of hydrogen-bond acceptors (Lipinski definition) is 2. The summed E-state index contributed by atoms with van der Waals surface area (Å²) in [6.45, 7) is 13.9. The predicted molar refractivity (Wildman–Crippen MR) is 128 cm³/mol. The first kappa shape index (κ1) is 22.3. The molecule has 1 heterocycles. The Hall–Kier alpha value is -2.40. The minimum atomic E-state index is -0.289. The van der Waals surface area contributed by atoms with Gasteiger partial charge in [-0.2, -0.15) is 0 Å². The summed E-state index contributed by atoms with van der Waals surface area (Å²) in [4.78, 5) is 6.01. The number of para-hydroxylation sites is 1. The zero-order valence-electron chi connectivity index (χ0n) is 18.9. The van der Waals surface area contributed by atoms with E-state index < -0.39 is 0 Å². The van der Waals surface area contributed by atoms with Crippen LogP contribution in [-0.4, -0.2) is 34.0 Å². The van der Waals surface area contributed by atoms with Crippen molar-refractivity contribution in [1.82, 2.24) is 10.2 Å². The highest BCUT2D eigenvalue weighted by atomic mass is 32.1. The summed E-state index contributed by atoms with van der Waals surface area (Å²) in [7, 11) is 0. The quantitative estimate of drug-likeness (QED) is 0.694. The van der Waals surface area contributed by atoms with Gasteiger partial charge in [-0.1, -0.05) is 69.3 Å². The fourth-order valence-corrected chi connectivity index (χ4v) is 4.31. The smallest absolute Gasteiger partial charge is 0.275 e. The average molecular weight is 425 g/mol. The van der Waals surface area contributed by atoms with E-state index in [0.29, 0.717) is 6.61 Å². The molecule has 5 heteroatoms. The SMILES string of the molecule is C[C@H](c1ccccc1)N1C(=S)NC(=[NH+][C@H](COc2ccccc2)C(C)(C)C)C1(C)C. The minimum Gasteiger partial charge on any atom is -0.489 e. The van der Waals surface area contributed by atoms with Gasteiger partial charge in [0.25, 0.3) is 10.9 Å². The Balaban J connectivity index is 1.85. The monoisotopic (exact) mass is 424 g/mol. The van der Waals surface area contributed by atoms with Crippen LogP contribution in [0.5, 0.6) is 5.75 Å². The van der Waals surface area contributed by atoms with E-state index in [0.717, 1.165) is 16.7 Å². The Labute approximate surface area is 186 Å². The second-order valence-electron chi connectivity index (χ2n) is 9.51. The van der Waals surface area contributed by atoms with E-state index in [4.69, 9.17) is 17.0 Å². The highest BCUT2D eigenvalue weighted by Gasteiger charge is 2.50. The molecule has 4 nitrogen and oxygen atoms in total. The third-order valence-corrected chi connectivity index (χ3v) is 6.16. The van der Waals surface area contributed by atoms with Crippen molar-refractivity contribution in [2.45, 2.75) is 59.2 Å². The molecule has 3 rings (SSSR count). The van der Waals surface area contributed by atoms with E-state index in [2.05, 4.69) is 81.0 Å². The first-order valence-electron chi connectivity index (χ1n) is 10.6. The Morgan fingerprint density at radius 1 is 1.03 bits per heavy atom. The maximum atomic E-state index is 6.09. The summed E-state index contributed by atoms with van der Waals surface area (Å²) in [5, 5.41) is 4.20. The molecule has 1 aliphatic rings. The van der Waals surface area contributed by atoms with Gasteiger partial charge in [-0.3, -0.25) is 4.99 Å². The highest BCUT2D eigenvalue weighted by Crippen LogP contribution is 2.31. The van der Waals surface area contributed by atoms with Gasteiger partial charge in [0.05, 0.1) is 6.04 Å². The van der Waals surface area contributed by atoms with Gasteiger partial charge >= 0.3 is 0 Å². The van der Waals surface area contributed by atoms with Crippen LogP contribution in [0.4, 0.5) is 0 Å². The van der Waals surface area contributed by atoms with Crippen LogP contribution in [0.2, 0.25) is 0 Å². The molecule has 0 saturated carbocycles. The van der Waals surface area contributed by atoms with Crippen LogP contribution in [0.1, 0.15) is 53.1 Å². The van der Waals surface area contributed by atoms with Crippen molar-refractivity contribution in [2.24, 2.45) is 5.41 Å². The first-order valence-corrected chi connectivity index (χ1v) is 11.0. The average Bonchev–Trinajstić information content (AvgIpc) is 2.93. The van der Waals surface area contributed by atoms with Gasteiger partial charge in [0.2, 0.25) is 0 Å². The zero-order chi connectivity index (χ0) is 21.9. The van der Waals surface area contributed by atoms with Crippen LogP contribution < -0.4 is 15.0 Å². The maximum absolute atomic E-state index is 6.09. The second kappa shape index (κ2) is 8.76. The Morgan fingerprint density at radius 3 is 2.17 bits per heavy atom. The van der Waals surface area contributed by atoms with Crippen molar-refractivity contribution in [3.63, 3.8) is 0 Å². The number of amidine groups is 1. The summed E-state index contributed by atoms with van der Waals surface area (Å²) in [6, 6.07) is 20.7. The predicted octanol–water partition coefficient (Wildman–Crippen LogP) is 3.69. The van der Waals surface area contributed by atoms with Crippen LogP contribution in [0.3, 0.4) is 0 Å².